The van der Waals surface area contributed by atoms with E-state index in [1.807, 2.05) is 0 Å². The fourth-order valence-electron chi connectivity index (χ4n) is 2.78. The monoisotopic (exact) mass is 391 g/mol. The van der Waals surface area contributed by atoms with Crippen molar-refractivity contribution in [1.29, 1.82) is 0 Å². The van der Waals surface area contributed by atoms with Gasteiger partial charge < -0.3 is 9.80 Å². The molecule has 9 heteroatoms. The number of benzene rings is 2. The number of hydrogen-bond donors (Lipinski definition) is 1. The summed E-state index contributed by atoms with van der Waals surface area (Å²) >= 11 is 0. The van der Waals surface area contributed by atoms with Crippen LogP contribution in [0.4, 0.5) is 10.1 Å². The van der Waals surface area contributed by atoms with Gasteiger partial charge >= 0.3 is 0 Å². The molecular formula is C18H18FN3O4S. The molecule has 1 saturated heterocycles. The van der Waals surface area contributed by atoms with E-state index in [2.05, 4.69) is 4.72 Å². The Balaban J connectivity index is 1.78. The predicted octanol–water partition coefficient (Wildman–Crippen LogP) is 1.54. The Morgan fingerprint density at radius 1 is 1.04 bits per heavy atom. The topological polar surface area (TPSA) is 86.8 Å². The molecular weight excluding hydrogens is 373 g/mol. The van der Waals surface area contributed by atoms with Crippen molar-refractivity contribution in [2.75, 3.05) is 30.9 Å². The van der Waals surface area contributed by atoms with E-state index in [0.29, 0.717) is 26.2 Å². The molecule has 0 unspecified atom stereocenters. The second kappa shape index (κ2) is 7.75. The van der Waals surface area contributed by atoms with Gasteiger partial charge in [0.25, 0.3) is 15.9 Å². The lowest BCUT2D eigenvalue weighted by molar-refractivity contribution is -0.119. The number of carbonyl (C=O) groups excluding carboxylic acids is 2. The highest BCUT2D eigenvalue weighted by Crippen LogP contribution is 2.19. The van der Waals surface area contributed by atoms with Crippen LogP contribution in [-0.4, -0.2) is 56.7 Å². The number of sulfonamides is 1. The third-order valence-corrected chi connectivity index (χ3v) is 5.60. The van der Waals surface area contributed by atoms with Crippen LogP contribution in [-0.2, 0) is 14.8 Å². The smallest absolute Gasteiger partial charge is 0.261 e. The summed E-state index contributed by atoms with van der Waals surface area (Å²) in [6, 6.07) is 10.8. The lowest BCUT2D eigenvalue weighted by atomic mass is 10.2. The molecule has 1 aliphatic heterocycles. The summed E-state index contributed by atoms with van der Waals surface area (Å²) in [6.45, 7) is 1.65. The van der Waals surface area contributed by atoms with Gasteiger partial charge in [-0.3, -0.25) is 14.3 Å². The van der Waals surface area contributed by atoms with Crippen LogP contribution in [0, 0.1) is 5.82 Å². The van der Waals surface area contributed by atoms with Gasteiger partial charge in [0.15, 0.2) is 0 Å². The zero-order chi connectivity index (χ0) is 19.4. The van der Waals surface area contributed by atoms with Crippen LogP contribution in [0.3, 0.4) is 0 Å². The molecule has 1 aliphatic rings. The highest BCUT2D eigenvalue weighted by atomic mass is 32.2. The molecule has 0 bridgehead atoms. The largest absolute Gasteiger partial charge is 0.342 e. The lowest BCUT2D eigenvalue weighted by Gasteiger charge is -2.32. The normalized spacial score (nSPS) is 14.7. The van der Waals surface area contributed by atoms with E-state index in [4.69, 9.17) is 0 Å². The summed E-state index contributed by atoms with van der Waals surface area (Å²) in [5.74, 6) is -0.864. The first kappa shape index (κ1) is 18.8. The summed E-state index contributed by atoms with van der Waals surface area (Å²) in [5.41, 5.74) is 0.327. The van der Waals surface area contributed by atoms with Gasteiger partial charge in [-0.05, 0) is 36.4 Å². The van der Waals surface area contributed by atoms with Gasteiger partial charge in [-0.15, -0.1) is 0 Å². The van der Waals surface area contributed by atoms with Crippen molar-refractivity contribution in [3.8, 4) is 0 Å². The summed E-state index contributed by atoms with van der Waals surface area (Å²) in [4.78, 5) is 26.4. The zero-order valence-corrected chi connectivity index (χ0v) is 15.2. The van der Waals surface area contributed by atoms with Crippen molar-refractivity contribution in [3.05, 3.63) is 59.9 Å². The molecule has 3 rings (SSSR count). The molecule has 1 N–H and O–H groups in total. The van der Waals surface area contributed by atoms with Gasteiger partial charge in [0.1, 0.15) is 5.82 Å². The van der Waals surface area contributed by atoms with E-state index in [9.17, 15) is 22.4 Å². The molecule has 2 aromatic rings. The molecule has 27 heavy (non-hydrogen) atoms. The van der Waals surface area contributed by atoms with E-state index >= 15 is 0 Å². The first-order valence-corrected chi connectivity index (χ1v) is 9.74. The Morgan fingerprint density at radius 2 is 1.74 bits per heavy atom. The molecule has 142 valence electrons. The second-order valence-corrected chi connectivity index (χ2v) is 7.76. The van der Waals surface area contributed by atoms with Crippen LogP contribution in [0.5, 0.6) is 0 Å². The van der Waals surface area contributed by atoms with Crippen molar-refractivity contribution in [1.82, 2.24) is 9.80 Å². The minimum absolute atomic E-state index is 0.0934. The minimum Gasteiger partial charge on any atom is -0.342 e. The number of hydrogen-bond acceptors (Lipinski definition) is 4. The predicted molar refractivity (Wildman–Crippen MR) is 97.2 cm³/mol. The maximum Gasteiger partial charge on any atom is 0.261 e. The number of piperazine rings is 1. The molecule has 0 atom stereocenters. The Labute approximate surface area is 156 Å². The summed E-state index contributed by atoms with van der Waals surface area (Å²) in [6.07, 6.45) is 0.743. The van der Waals surface area contributed by atoms with Crippen molar-refractivity contribution in [2.45, 2.75) is 4.90 Å². The fraction of sp³-hybridized carbons (Fsp3) is 0.222. The number of anilines is 1. The molecule has 1 heterocycles. The number of halogens is 1. The molecule has 1 fully saturated rings. The lowest BCUT2D eigenvalue weighted by Crippen LogP contribution is -2.48. The van der Waals surface area contributed by atoms with Gasteiger partial charge in [0, 0.05) is 31.7 Å². The third kappa shape index (κ3) is 4.43. The maximum atomic E-state index is 13.3. The van der Waals surface area contributed by atoms with E-state index in [1.54, 1.807) is 9.80 Å². The van der Waals surface area contributed by atoms with E-state index in [0.717, 1.165) is 12.5 Å². The first-order valence-electron chi connectivity index (χ1n) is 8.26. The summed E-state index contributed by atoms with van der Waals surface area (Å²) in [5, 5.41) is 0. The van der Waals surface area contributed by atoms with Crippen LogP contribution < -0.4 is 4.72 Å². The van der Waals surface area contributed by atoms with Gasteiger partial charge in [0.2, 0.25) is 6.41 Å². The molecule has 0 radical (unpaired) electrons. The highest BCUT2D eigenvalue weighted by molar-refractivity contribution is 7.92. The SMILES string of the molecule is O=CN1CCN(C(=O)c2cccc(S(=O)(=O)Nc3cccc(F)c3)c2)CC1. The van der Waals surface area contributed by atoms with Gasteiger partial charge in [-0.25, -0.2) is 12.8 Å². The Morgan fingerprint density at radius 3 is 2.41 bits per heavy atom. The third-order valence-electron chi connectivity index (χ3n) is 4.22. The fourth-order valence-corrected chi connectivity index (χ4v) is 3.87. The van der Waals surface area contributed by atoms with E-state index < -0.39 is 15.8 Å². The molecule has 2 amide bonds. The number of rotatable bonds is 5. The minimum atomic E-state index is -3.97. The molecule has 2 aromatic carbocycles. The van der Waals surface area contributed by atoms with Crippen molar-refractivity contribution in [2.24, 2.45) is 0 Å². The highest BCUT2D eigenvalue weighted by Gasteiger charge is 2.23. The summed E-state index contributed by atoms with van der Waals surface area (Å²) < 4.78 is 40.6. The molecule has 0 saturated carbocycles. The van der Waals surface area contributed by atoms with Crippen LogP contribution in [0.1, 0.15) is 10.4 Å². The van der Waals surface area contributed by atoms with Gasteiger partial charge in [-0.2, -0.15) is 0 Å². The molecule has 7 nitrogen and oxygen atoms in total. The number of nitrogens with one attached hydrogen (secondary N) is 1. The first-order chi connectivity index (χ1) is 12.9. The Hall–Kier alpha value is -2.94. The average Bonchev–Trinajstić information content (AvgIpc) is 2.67. The quantitative estimate of drug-likeness (QED) is 0.784. The van der Waals surface area contributed by atoms with Crippen LogP contribution in [0.15, 0.2) is 53.4 Å². The van der Waals surface area contributed by atoms with Gasteiger partial charge in [-0.1, -0.05) is 12.1 Å². The number of amides is 2. The maximum absolute atomic E-state index is 13.3. The molecule has 0 aliphatic carbocycles. The number of carbonyl (C=O) groups is 2. The molecule has 0 spiro atoms. The average molecular weight is 391 g/mol. The molecule has 0 aromatic heterocycles. The Kier molecular flexibility index (Phi) is 5.41. The Bertz CT molecular complexity index is 957. The van der Waals surface area contributed by atoms with Crippen molar-refractivity contribution < 1.29 is 22.4 Å². The van der Waals surface area contributed by atoms with E-state index in [1.165, 1.54) is 42.5 Å². The van der Waals surface area contributed by atoms with Crippen LogP contribution in [0.2, 0.25) is 0 Å². The van der Waals surface area contributed by atoms with Crippen molar-refractivity contribution >= 4 is 28.0 Å². The zero-order valence-electron chi connectivity index (χ0n) is 14.3. The summed E-state index contributed by atoms with van der Waals surface area (Å²) in [7, 11) is -3.97. The van der Waals surface area contributed by atoms with Crippen molar-refractivity contribution in [3.63, 3.8) is 0 Å². The van der Waals surface area contributed by atoms with Crippen LogP contribution in [0.25, 0.3) is 0 Å². The van der Waals surface area contributed by atoms with Gasteiger partial charge in [0.05, 0.1) is 10.6 Å². The van der Waals surface area contributed by atoms with Crippen LogP contribution >= 0.6 is 0 Å². The van der Waals surface area contributed by atoms with E-state index in [-0.39, 0.29) is 22.1 Å². The standard InChI is InChI=1S/C18H18FN3O4S/c19-15-4-2-5-16(12-15)20-27(25,26)17-6-1-3-14(11-17)18(24)22-9-7-21(13-23)8-10-22/h1-6,11-13,20H,7-10H2. The number of nitrogens with zero attached hydrogens (tertiary/aromatic N) is 2. The second-order valence-electron chi connectivity index (χ2n) is 6.08.